The fraction of sp³-hybridized carbons (Fsp3) is 0.167. The molecule has 4 nitrogen and oxygen atoms in total. The maximum absolute atomic E-state index is 11.2. The number of hydrogen-bond acceptors (Lipinski definition) is 5. The van der Waals surface area contributed by atoms with Crippen molar-refractivity contribution in [2.45, 2.75) is 6.54 Å². The fourth-order valence-electron chi connectivity index (χ4n) is 1.38. The standard InChI is InChI=1S/C12H11ClN2O2S/c1-17-11(16)10-7-15-12(18-10)14-6-8-3-2-4-9(13)5-8/h2-5,7H,6H2,1H3,(H,14,15). The molecule has 0 atom stereocenters. The first-order chi connectivity index (χ1) is 8.69. The number of nitrogens with zero attached hydrogens (tertiary/aromatic N) is 1. The minimum Gasteiger partial charge on any atom is -0.465 e. The predicted octanol–water partition coefficient (Wildman–Crippen LogP) is 3.20. The Hall–Kier alpha value is -1.59. The lowest BCUT2D eigenvalue weighted by Gasteiger charge is -2.02. The first kappa shape index (κ1) is 12.9. The molecule has 2 rings (SSSR count). The smallest absolute Gasteiger partial charge is 0.349 e. The number of esters is 1. The van der Waals surface area contributed by atoms with E-state index in [1.807, 2.05) is 24.3 Å². The van der Waals surface area contributed by atoms with Crippen molar-refractivity contribution in [1.82, 2.24) is 4.98 Å². The molecule has 0 fully saturated rings. The number of aromatic nitrogens is 1. The van der Waals surface area contributed by atoms with E-state index in [0.29, 0.717) is 21.6 Å². The van der Waals surface area contributed by atoms with Gasteiger partial charge in [-0.1, -0.05) is 35.1 Å². The first-order valence-corrected chi connectivity index (χ1v) is 6.41. The molecule has 0 saturated carbocycles. The van der Waals surface area contributed by atoms with E-state index in [2.05, 4.69) is 15.0 Å². The molecule has 18 heavy (non-hydrogen) atoms. The monoisotopic (exact) mass is 282 g/mol. The molecule has 0 spiro atoms. The van der Waals surface area contributed by atoms with Gasteiger partial charge in [0.2, 0.25) is 0 Å². The van der Waals surface area contributed by atoms with E-state index < -0.39 is 0 Å². The molecule has 0 unspecified atom stereocenters. The zero-order chi connectivity index (χ0) is 13.0. The number of rotatable bonds is 4. The Morgan fingerprint density at radius 3 is 3.11 bits per heavy atom. The van der Waals surface area contributed by atoms with Crippen LogP contribution in [0.4, 0.5) is 5.13 Å². The highest BCUT2D eigenvalue weighted by atomic mass is 35.5. The molecule has 1 aromatic carbocycles. The van der Waals surface area contributed by atoms with Crippen LogP contribution in [-0.2, 0) is 11.3 Å². The average Bonchev–Trinajstić information content (AvgIpc) is 2.84. The third-order valence-corrected chi connectivity index (χ3v) is 3.40. The van der Waals surface area contributed by atoms with Gasteiger partial charge in [0.1, 0.15) is 4.88 Å². The van der Waals surface area contributed by atoms with Crippen LogP contribution in [0.5, 0.6) is 0 Å². The lowest BCUT2D eigenvalue weighted by atomic mass is 10.2. The van der Waals surface area contributed by atoms with Gasteiger partial charge < -0.3 is 10.1 Å². The maximum Gasteiger partial charge on any atom is 0.349 e. The predicted molar refractivity (Wildman–Crippen MR) is 72.2 cm³/mol. The highest BCUT2D eigenvalue weighted by molar-refractivity contribution is 7.17. The van der Waals surface area contributed by atoms with E-state index in [9.17, 15) is 4.79 Å². The average molecular weight is 283 g/mol. The van der Waals surface area contributed by atoms with Crippen LogP contribution in [0.2, 0.25) is 5.02 Å². The molecule has 94 valence electrons. The number of anilines is 1. The fourth-order valence-corrected chi connectivity index (χ4v) is 2.32. The van der Waals surface area contributed by atoms with E-state index >= 15 is 0 Å². The van der Waals surface area contributed by atoms with Crippen molar-refractivity contribution < 1.29 is 9.53 Å². The zero-order valence-corrected chi connectivity index (χ0v) is 11.2. The quantitative estimate of drug-likeness (QED) is 0.875. The Bertz CT molecular complexity index is 557. The molecule has 0 saturated heterocycles. The third kappa shape index (κ3) is 3.21. The van der Waals surface area contributed by atoms with Crippen LogP contribution in [0, 0.1) is 0 Å². The van der Waals surface area contributed by atoms with Crippen molar-refractivity contribution in [1.29, 1.82) is 0 Å². The second-order valence-corrected chi connectivity index (χ2v) is 4.97. The van der Waals surface area contributed by atoms with Crippen molar-refractivity contribution in [3.8, 4) is 0 Å². The van der Waals surface area contributed by atoms with Crippen molar-refractivity contribution in [2.24, 2.45) is 0 Å². The summed E-state index contributed by atoms with van der Waals surface area (Å²) in [4.78, 5) is 15.8. The van der Waals surface area contributed by atoms with Gasteiger partial charge in [-0.05, 0) is 17.7 Å². The molecule has 1 aromatic heterocycles. The van der Waals surface area contributed by atoms with Crippen LogP contribution >= 0.6 is 22.9 Å². The second-order valence-electron chi connectivity index (χ2n) is 3.50. The molecular formula is C12H11ClN2O2S. The molecule has 0 amide bonds. The van der Waals surface area contributed by atoms with Gasteiger partial charge in [0.15, 0.2) is 5.13 Å². The van der Waals surface area contributed by atoms with Crippen molar-refractivity contribution >= 4 is 34.0 Å². The van der Waals surface area contributed by atoms with Crippen LogP contribution in [0.15, 0.2) is 30.5 Å². The normalized spacial score (nSPS) is 10.1. The largest absolute Gasteiger partial charge is 0.465 e. The van der Waals surface area contributed by atoms with Crippen molar-refractivity contribution in [3.63, 3.8) is 0 Å². The minimum atomic E-state index is -0.372. The van der Waals surface area contributed by atoms with Crippen LogP contribution in [0.25, 0.3) is 0 Å². The molecule has 0 aliphatic carbocycles. The van der Waals surface area contributed by atoms with Crippen molar-refractivity contribution in [2.75, 3.05) is 12.4 Å². The molecule has 6 heteroatoms. The highest BCUT2D eigenvalue weighted by Crippen LogP contribution is 2.20. The van der Waals surface area contributed by atoms with Crippen molar-refractivity contribution in [3.05, 3.63) is 45.9 Å². The Balaban J connectivity index is 1.98. The molecule has 2 aromatic rings. The molecular weight excluding hydrogens is 272 g/mol. The first-order valence-electron chi connectivity index (χ1n) is 5.21. The summed E-state index contributed by atoms with van der Waals surface area (Å²) in [5, 5.41) is 4.50. The summed E-state index contributed by atoms with van der Waals surface area (Å²) in [5.41, 5.74) is 1.05. The topological polar surface area (TPSA) is 51.2 Å². The van der Waals surface area contributed by atoms with E-state index in [4.69, 9.17) is 11.6 Å². The van der Waals surface area contributed by atoms with E-state index in [1.165, 1.54) is 24.6 Å². The van der Waals surface area contributed by atoms with Gasteiger partial charge in [0.05, 0.1) is 13.3 Å². The summed E-state index contributed by atoms with van der Waals surface area (Å²) in [6, 6.07) is 7.56. The molecule has 1 N–H and O–H groups in total. The lowest BCUT2D eigenvalue weighted by Crippen LogP contribution is -1.98. The highest BCUT2D eigenvalue weighted by Gasteiger charge is 2.09. The van der Waals surface area contributed by atoms with Crippen LogP contribution in [-0.4, -0.2) is 18.1 Å². The zero-order valence-electron chi connectivity index (χ0n) is 9.64. The second kappa shape index (κ2) is 5.84. The van der Waals surface area contributed by atoms with Crippen LogP contribution in [0.1, 0.15) is 15.2 Å². The summed E-state index contributed by atoms with van der Waals surface area (Å²) >= 11 is 7.15. The van der Waals surface area contributed by atoms with Gasteiger partial charge in [-0.2, -0.15) is 0 Å². The molecule has 0 radical (unpaired) electrons. The van der Waals surface area contributed by atoms with E-state index in [-0.39, 0.29) is 5.97 Å². The van der Waals surface area contributed by atoms with Crippen LogP contribution < -0.4 is 5.32 Å². The number of ether oxygens (including phenoxy) is 1. The summed E-state index contributed by atoms with van der Waals surface area (Å²) in [6.07, 6.45) is 1.50. The lowest BCUT2D eigenvalue weighted by molar-refractivity contribution is 0.0606. The minimum absolute atomic E-state index is 0.372. The molecule has 0 aliphatic rings. The van der Waals surface area contributed by atoms with Crippen LogP contribution in [0.3, 0.4) is 0 Å². The van der Waals surface area contributed by atoms with Gasteiger partial charge >= 0.3 is 5.97 Å². The van der Waals surface area contributed by atoms with E-state index in [0.717, 1.165) is 5.56 Å². The van der Waals surface area contributed by atoms with Gasteiger partial charge in [-0.25, -0.2) is 9.78 Å². The maximum atomic E-state index is 11.2. The van der Waals surface area contributed by atoms with E-state index in [1.54, 1.807) is 0 Å². The Kier molecular flexibility index (Phi) is 4.17. The van der Waals surface area contributed by atoms with Gasteiger partial charge in [0.25, 0.3) is 0 Å². The number of carbonyl (C=O) groups excluding carboxylic acids is 1. The van der Waals surface area contributed by atoms with Gasteiger partial charge in [-0.3, -0.25) is 0 Å². The number of carbonyl (C=O) groups is 1. The van der Waals surface area contributed by atoms with Gasteiger partial charge in [0, 0.05) is 11.6 Å². The number of halogens is 1. The third-order valence-electron chi connectivity index (χ3n) is 2.23. The number of hydrogen-bond donors (Lipinski definition) is 1. The summed E-state index contributed by atoms with van der Waals surface area (Å²) in [7, 11) is 1.35. The number of nitrogens with one attached hydrogen (secondary N) is 1. The van der Waals surface area contributed by atoms with Gasteiger partial charge in [-0.15, -0.1) is 0 Å². The molecule has 0 bridgehead atoms. The SMILES string of the molecule is COC(=O)c1cnc(NCc2cccc(Cl)c2)s1. The number of benzene rings is 1. The summed E-state index contributed by atoms with van der Waals surface area (Å²) in [6.45, 7) is 0.606. The summed E-state index contributed by atoms with van der Waals surface area (Å²) < 4.78 is 4.61. The Morgan fingerprint density at radius 1 is 1.56 bits per heavy atom. The molecule has 1 heterocycles. The number of thiazole rings is 1. The summed E-state index contributed by atoms with van der Waals surface area (Å²) in [5.74, 6) is -0.372. The Morgan fingerprint density at radius 2 is 2.39 bits per heavy atom. The Labute approximate surface area is 114 Å². The molecule has 0 aliphatic heterocycles. The number of methoxy groups -OCH3 is 1.